The van der Waals surface area contributed by atoms with Crippen LogP contribution in [0.1, 0.15) is 81.1 Å². The maximum atomic E-state index is 2.18. The minimum atomic E-state index is 0. The first-order valence-electron chi connectivity index (χ1n) is 5.74. The van der Waals surface area contributed by atoms with Crippen LogP contribution in [0, 0.1) is 2600 Å². The molecule has 0 fully saturated rings. The van der Waals surface area contributed by atoms with Crippen LogP contribution in [0.25, 0.3) is 0 Å². The third-order valence-corrected chi connectivity index (χ3v) is 0.500. The maximum Gasteiger partial charge on any atom is 0 e. The second kappa shape index (κ2) is 556. The van der Waals surface area contributed by atoms with Crippen LogP contribution >= 0.6 is 0 Å². The summed E-state index contributed by atoms with van der Waals surface area (Å²) in [5.41, 5.74) is 0. The number of hydrogen-bond acceptors (Lipinski definition) is 0. The second-order valence-electron chi connectivity index (χ2n) is 2.41. The minimum Gasteiger partial charge on any atom is -0.0683 e. The number of unbranched alkanes of at least 4 members (excludes halogenated alkanes) is 1. The first-order valence-corrected chi connectivity index (χ1v) is 5.74. The van der Waals surface area contributed by atoms with Crippen molar-refractivity contribution in [1.82, 2.24) is 0 Å². The fourth-order valence-electron chi connectivity index (χ4n) is 0. The van der Waals surface area contributed by atoms with E-state index < -0.39 is 0 Å². The van der Waals surface area contributed by atoms with Crippen LogP contribution in [-0.4, -0.2) is 0 Å². The predicted octanol–water partition coefficient (Wildman–Crippen LogP) is 5.67. The van der Waals surface area contributed by atoms with E-state index in [0.717, 1.165) is 0 Å². The van der Waals surface area contributed by atoms with Gasteiger partial charge in [0.2, 0.25) is 0 Å². The van der Waals surface area contributed by atoms with E-state index in [1.54, 1.807) is 0 Å². The Morgan fingerprint density at radius 2 is 0.0988 bits per heavy atom. The van der Waals surface area contributed by atoms with Gasteiger partial charge in [-0.15, -0.1) is 0 Å². The minimum absolute atomic E-state index is 0. The molecule has 0 rings (SSSR count). The van der Waals surface area contributed by atoms with E-state index in [-0.39, 0.29) is 2600 Å². The summed E-state index contributed by atoms with van der Waals surface area (Å²) in [6.07, 6.45) is 5.14. The molecular formula is C12H32Ar69. The van der Waals surface area contributed by atoms with Gasteiger partial charge in [0.1, 0.15) is 0 Å². The van der Waals surface area contributed by atoms with E-state index in [4.69, 9.17) is 0 Å². The predicted molar refractivity (Wildman–Crippen MR) is 63.9 cm³/mol. The molecule has 0 spiro atoms. The van der Waals surface area contributed by atoms with Gasteiger partial charge < -0.3 is 0 Å². The average molecular weight is 2930 g/mol. The maximum absolute atomic E-state index is 2.18. The molecule has 0 heterocycles. The van der Waals surface area contributed by atoms with E-state index in [1.807, 2.05) is 13.8 Å². The normalized spacial score (nSPS) is 0.889. The van der Waals surface area contributed by atoms with Crippen molar-refractivity contribution in [3.8, 4) is 0 Å². The van der Waals surface area contributed by atoms with Gasteiger partial charge in [0, 0.05) is 2600 Å². The molecule has 0 atom stereocenters. The molecule has 0 bridgehead atoms. The molecular weight excluding hydrogens is 2900 g/mol. The van der Waals surface area contributed by atoms with Crippen LogP contribution in [0.3, 0.4) is 0 Å². The smallest absolute Gasteiger partial charge is 0 e. The summed E-state index contributed by atoms with van der Waals surface area (Å²) in [5.74, 6) is 0. The Bertz CT molecular complexity index is 61.0. The Morgan fingerprint density at radius 3 is 0.0988 bits per heavy atom. The zero-order valence-electron chi connectivity index (χ0n) is 35.2. The second-order valence-corrected chi connectivity index (χ2v) is 2.41. The molecule has 0 aliphatic heterocycles. The molecule has 0 saturated carbocycles. The van der Waals surface area contributed by atoms with Gasteiger partial charge >= 0.3 is 0 Å². The van der Waals surface area contributed by atoms with Crippen molar-refractivity contribution in [3.05, 3.63) is 0 Å². The van der Waals surface area contributed by atoms with Gasteiger partial charge in [-0.05, 0) is 0 Å². The zero-order chi connectivity index (χ0) is 10.8. The Hall–Kier alpha value is 86.9. The van der Waals surface area contributed by atoms with E-state index in [0.29, 0.717) is 0 Å². The average Bonchev–Trinajstić information content (AvgIpc) is 2.10. The molecule has 0 radical (unpaired) electrons. The molecule has 0 saturated heterocycles. The van der Waals surface area contributed by atoms with Gasteiger partial charge in [-0.25, -0.2) is 0 Å². The number of hydrogen-bond donors (Lipinski definition) is 0. The molecule has 0 aromatic rings. The fourth-order valence-corrected chi connectivity index (χ4v) is 0. The van der Waals surface area contributed by atoms with Gasteiger partial charge in [-0.2, -0.15) is 0 Å². The SMILES string of the molecule is CC.CCC.CCC.CCCC.[Ar].[Ar].[Ar].[Ar].[Ar].[Ar].[Ar].[Ar].[Ar].[Ar].[Ar].[Ar].[Ar].[Ar].[Ar].[Ar].[Ar].[Ar].[Ar].[Ar].[Ar].[Ar].[Ar].[Ar].[Ar].[Ar].[Ar].[Ar].[Ar].[Ar].[Ar].[Ar].[Ar].[Ar].[Ar].[Ar].[Ar].[Ar].[Ar].[Ar].[Ar].[Ar].[Ar].[Ar].[Ar].[Ar].[Ar].[Ar].[Ar].[Ar].[Ar].[Ar].[Ar].[Ar].[Ar].[Ar].[Ar].[Ar].[Ar].[Ar].[Ar].[Ar].[Ar].[Ar].[Ar].[Ar].[Ar].[Ar].[Ar]. The molecule has 81 heavy (non-hydrogen) atoms. The Labute approximate surface area is 2570 Å². The third kappa shape index (κ3) is 587. The summed E-state index contributed by atoms with van der Waals surface area (Å²) in [6, 6.07) is 0. The molecule has 0 nitrogen and oxygen atoms in total. The van der Waals surface area contributed by atoms with Gasteiger partial charge in [-0.1, -0.05) is 81.1 Å². The molecule has 0 aromatic carbocycles. The van der Waals surface area contributed by atoms with Crippen molar-refractivity contribution < 1.29 is 2600 Å². The summed E-state index contributed by atoms with van der Waals surface area (Å²) in [7, 11) is 0. The molecule has 0 aliphatic rings. The van der Waals surface area contributed by atoms with Crippen LogP contribution in [0.15, 0.2) is 0 Å². The zero-order valence-corrected chi connectivity index (χ0v) is 84.0. The standard InChI is InChI=1S/C4H10.2C3H8.C2H6.69Ar/c1-3-4-2;2*1-3-2;1-2;;;;;;;;;;;;;;;;;;;;;;;;;;;;;;;;;;;;;;;;;;;;;;;;;;;;;;;;;;;;;;;;;;;;;/h3-4H2,1-2H3;2*3H2,1-2H3;1-2H3;;;;;;;;;;;;;;;;;;;;;;;;;;;;;;;;;;;;;;;;;;;;;;;;;;;;;;;;;;;;;;;;;;;;;. The molecule has 0 aliphatic carbocycles. The largest absolute Gasteiger partial charge is 0.0683 e. The van der Waals surface area contributed by atoms with Crippen molar-refractivity contribution in [1.29, 1.82) is 0 Å². The quantitative estimate of drug-likeness (QED) is 0.318. The van der Waals surface area contributed by atoms with Crippen molar-refractivity contribution in [3.63, 3.8) is 0 Å². The van der Waals surface area contributed by atoms with Gasteiger partial charge in [0.25, 0.3) is 0 Å². The van der Waals surface area contributed by atoms with Gasteiger partial charge in [0.15, 0.2) is 0 Å². The monoisotopic (exact) mass is 2930 g/mol. The third-order valence-electron chi connectivity index (χ3n) is 0.500. The first kappa shape index (κ1) is 519. The Kier molecular flexibility index (Phi) is 3560. The molecule has 0 aromatic heterocycles. The van der Waals surface area contributed by atoms with E-state index in [1.165, 1.54) is 25.7 Å². The van der Waals surface area contributed by atoms with E-state index >= 15 is 0 Å². The van der Waals surface area contributed by atoms with Crippen molar-refractivity contribution in [2.75, 3.05) is 0 Å². The topological polar surface area (TPSA) is 0 Å². The first-order chi connectivity index (χ1) is 5.74. The summed E-state index contributed by atoms with van der Waals surface area (Å²) >= 11 is 0. The van der Waals surface area contributed by atoms with E-state index in [2.05, 4.69) is 41.5 Å². The van der Waals surface area contributed by atoms with Crippen molar-refractivity contribution in [2.45, 2.75) is 81.1 Å². The van der Waals surface area contributed by atoms with Gasteiger partial charge in [0.05, 0.1) is 0 Å². The molecule has 0 unspecified atom stereocenters. The molecule has 0 amide bonds. The summed E-state index contributed by atoms with van der Waals surface area (Å²) in [5, 5.41) is 0. The molecule has 632 valence electrons. The Balaban J connectivity index is -0.000000000116. The molecule has 69 heteroatoms. The summed E-state index contributed by atoms with van der Waals surface area (Å²) in [6.45, 7) is 16.9. The van der Waals surface area contributed by atoms with Crippen LogP contribution < -0.4 is 0 Å². The Morgan fingerprint density at radius 1 is 0.0864 bits per heavy atom. The van der Waals surface area contributed by atoms with Crippen LogP contribution in [0.2, 0.25) is 0 Å². The van der Waals surface area contributed by atoms with Crippen LogP contribution in [-0.2, 0) is 0 Å². The summed E-state index contributed by atoms with van der Waals surface area (Å²) in [4.78, 5) is 0. The van der Waals surface area contributed by atoms with Gasteiger partial charge in [-0.3, -0.25) is 0 Å². The fraction of sp³-hybridized carbons (Fsp3) is 1.00. The number of rotatable bonds is 1. The summed E-state index contributed by atoms with van der Waals surface area (Å²) < 4.78 is 0. The van der Waals surface area contributed by atoms with Crippen molar-refractivity contribution >= 4 is 0 Å². The van der Waals surface area contributed by atoms with E-state index in [9.17, 15) is 0 Å². The van der Waals surface area contributed by atoms with Crippen molar-refractivity contribution in [2.24, 2.45) is 0 Å². The molecule has 0 N–H and O–H groups in total. The van der Waals surface area contributed by atoms with Crippen LogP contribution in [0.5, 0.6) is 0 Å². The van der Waals surface area contributed by atoms with Crippen LogP contribution in [0.4, 0.5) is 0 Å².